The first kappa shape index (κ1) is 16.2. The summed E-state index contributed by atoms with van der Waals surface area (Å²) in [5, 5.41) is 7.77. The predicted octanol–water partition coefficient (Wildman–Crippen LogP) is 4.26. The molecule has 21 heavy (non-hydrogen) atoms. The molecule has 0 aliphatic rings. The first-order chi connectivity index (χ1) is 10.1. The normalized spacial score (nSPS) is 14.1. The molecule has 114 valence electrons. The van der Waals surface area contributed by atoms with Crippen LogP contribution < -0.4 is 5.32 Å². The van der Waals surface area contributed by atoms with Crippen LogP contribution in [0.15, 0.2) is 34.9 Å². The number of nitrogens with one attached hydrogen (secondary N) is 1. The maximum absolute atomic E-state index is 14.1. The van der Waals surface area contributed by atoms with E-state index in [-0.39, 0.29) is 11.9 Å². The Morgan fingerprint density at radius 1 is 1.38 bits per heavy atom. The van der Waals surface area contributed by atoms with Gasteiger partial charge in [-0.15, -0.1) is 0 Å². The van der Waals surface area contributed by atoms with Crippen LogP contribution >= 0.6 is 15.9 Å². The van der Waals surface area contributed by atoms with Crippen LogP contribution in [-0.2, 0) is 6.42 Å². The number of aromatic nitrogens is 2. The summed E-state index contributed by atoms with van der Waals surface area (Å²) < 4.78 is 16.8. The van der Waals surface area contributed by atoms with Gasteiger partial charge in [0.1, 0.15) is 5.82 Å². The maximum atomic E-state index is 14.1. The number of nitrogens with zero attached hydrogens (tertiary/aromatic N) is 2. The fourth-order valence-electron chi connectivity index (χ4n) is 2.32. The van der Waals surface area contributed by atoms with Crippen molar-refractivity contribution in [1.29, 1.82) is 0 Å². The molecule has 1 heterocycles. The molecule has 0 spiro atoms. The zero-order valence-corrected chi connectivity index (χ0v) is 14.2. The lowest BCUT2D eigenvalue weighted by Gasteiger charge is -2.18. The molecule has 3 nitrogen and oxygen atoms in total. The number of likely N-dealkylation sites (N-methyl/N-ethyl adjacent to an activating group) is 1. The molecule has 2 unspecified atom stereocenters. The van der Waals surface area contributed by atoms with Crippen LogP contribution in [0.3, 0.4) is 0 Å². The molecular weight excluding hydrogens is 333 g/mol. The highest BCUT2D eigenvalue weighted by molar-refractivity contribution is 9.10. The van der Waals surface area contributed by atoms with Gasteiger partial charge in [0, 0.05) is 34.7 Å². The van der Waals surface area contributed by atoms with Gasteiger partial charge in [-0.05, 0) is 38.6 Å². The first-order valence-electron chi connectivity index (χ1n) is 7.22. The topological polar surface area (TPSA) is 29.9 Å². The minimum absolute atomic E-state index is 0.110. The summed E-state index contributed by atoms with van der Waals surface area (Å²) in [6.45, 7) is 4.28. The molecule has 0 fully saturated rings. The fraction of sp³-hybridized carbons (Fsp3) is 0.438. The standard InChI is InChI=1S/C16H21BrFN3/c1-4-11(2)21-9-8-12(20-21)10-15(19-3)16-13(17)6-5-7-14(16)18/h5-9,11,15,19H,4,10H2,1-3H3. The zero-order valence-electron chi connectivity index (χ0n) is 12.6. The minimum Gasteiger partial charge on any atom is -0.313 e. The smallest absolute Gasteiger partial charge is 0.129 e. The van der Waals surface area contributed by atoms with Gasteiger partial charge in [-0.3, -0.25) is 4.68 Å². The quantitative estimate of drug-likeness (QED) is 0.840. The molecule has 5 heteroatoms. The van der Waals surface area contributed by atoms with Gasteiger partial charge in [0.05, 0.1) is 5.69 Å². The Labute approximate surface area is 133 Å². The predicted molar refractivity (Wildman–Crippen MR) is 86.8 cm³/mol. The van der Waals surface area contributed by atoms with E-state index >= 15 is 0 Å². The third kappa shape index (κ3) is 3.71. The molecule has 1 aromatic carbocycles. The highest BCUT2D eigenvalue weighted by Crippen LogP contribution is 2.28. The molecule has 1 aromatic heterocycles. The Hall–Kier alpha value is -1.20. The van der Waals surface area contributed by atoms with Gasteiger partial charge in [-0.1, -0.05) is 28.9 Å². The van der Waals surface area contributed by atoms with E-state index in [1.807, 2.05) is 30.1 Å². The van der Waals surface area contributed by atoms with Crippen molar-refractivity contribution in [2.24, 2.45) is 0 Å². The van der Waals surface area contributed by atoms with Crippen LogP contribution in [0.4, 0.5) is 4.39 Å². The Bertz CT molecular complexity index is 577. The van der Waals surface area contributed by atoms with Gasteiger partial charge in [-0.2, -0.15) is 5.10 Å². The third-order valence-corrected chi connectivity index (χ3v) is 4.51. The number of hydrogen-bond acceptors (Lipinski definition) is 2. The molecular formula is C16H21BrFN3. The summed E-state index contributed by atoms with van der Waals surface area (Å²) >= 11 is 3.44. The van der Waals surface area contributed by atoms with E-state index < -0.39 is 0 Å². The molecule has 2 aromatic rings. The summed E-state index contributed by atoms with van der Waals surface area (Å²) in [6, 6.07) is 7.33. The first-order valence-corrected chi connectivity index (χ1v) is 8.01. The van der Waals surface area contributed by atoms with Crippen LogP contribution in [0.2, 0.25) is 0 Å². The minimum atomic E-state index is -0.204. The number of benzene rings is 1. The number of hydrogen-bond donors (Lipinski definition) is 1. The molecule has 0 aliphatic heterocycles. The molecule has 0 saturated heterocycles. The van der Waals surface area contributed by atoms with Gasteiger partial charge >= 0.3 is 0 Å². The summed E-state index contributed by atoms with van der Waals surface area (Å²) in [6.07, 6.45) is 3.68. The van der Waals surface area contributed by atoms with Crippen LogP contribution in [-0.4, -0.2) is 16.8 Å². The Balaban J connectivity index is 2.21. The second-order valence-electron chi connectivity index (χ2n) is 5.23. The summed E-state index contributed by atoms with van der Waals surface area (Å²) in [4.78, 5) is 0. The number of rotatable bonds is 6. The summed E-state index contributed by atoms with van der Waals surface area (Å²) in [5.74, 6) is -0.204. The highest BCUT2D eigenvalue weighted by atomic mass is 79.9. The van der Waals surface area contributed by atoms with E-state index in [0.717, 1.165) is 16.6 Å². The van der Waals surface area contributed by atoms with Crippen LogP contribution in [0, 0.1) is 5.82 Å². The maximum Gasteiger partial charge on any atom is 0.129 e. The van der Waals surface area contributed by atoms with Crippen molar-refractivity contribution in [2.45, 2.75) is 38.8 Å². The van der Waals surface area contributed by atoms with Crippen LogP contribution in [0.1, 0.15) is 43.6 Å². The average Bonchev–Trinajstić information content (AvgIpc) is 2.93. The lowest BCUT2D eigenvalue weighted by molar-refractivity contribution is 0.467. The fourth-order valence-corrected chi connectivity index (χ4v) is 2.94. The van der Waals surface area contributed by atoms with Gasteiger partial charge in [-0.25, -0.2) is 4.39 Å². The second-order valence-corrected chi connectivity index (χ2v) is 6.08. The van der Waals surface area contributed by atoms with Crippen molar-refractivity contribution in [3.8, 4) is 0 Å². The van der Waals surface area contributed by atoms with Crippen molar-refractivity contribution >= 4 is 15.9 Å². The van der Waals surface area contributed by atoms with Crippen molar-refractivity contribution in [3.63, 3.8) is 0 Å². The van der Waals surface area contributed by atoms with E-state index in [0.29, 0.717) is 18.0 Å². The van der Waals surface area contributed by atoms with Crippen molar-refractivity contribution in [1.82, 2.24) is 15.1 Å². The highest BCUT2D eigenvalue weighted by Gasteiger charge is 2.19. The van der Waals surface area contributed by atoms with Gasteiger partial charge < -0.3 is 5.32 Å². The van der Waals surface area contributed by atoms with Crippen molar-refractivity contribution in [2.75, 3.05) is 7.05 Å². The Morgan fingerprint density at radius 3 is 2.76 bits per heavy atom. The lowest BCUT2D eigenvalue weighted by Crippen LogP contribution is -2.21. The molecule has 0 radical (unpaired) electrons. The SMILES string of the molecule is CCC(C)n1ccc(CC(NC)c2c(F)cccc2Br)n1. The van der Waals surface area contributed by atoms with E-state index in [1.165, 1.54) is 6.07 Å². The molecule has 2 atom stereocenters. The van der Waals surface area contributed by atoms with E-state index in [9.17, 15) is 4.39 Å². The molecule has 0 aliphatic carbocycles. The Kier molecular flexibility index (Phi) is 5.53. The Morgan fingerprint density at radius 2 is 2.14 bits per heavy atom. The molecule has 2 rings (SSSR count). The van der Waals surface area contributed by atoms with Gasteiger partial charge in [0.15, 0.2) is 0 Å². The third-order valence-electron chi connectivity index (χ3n) is 3.82. The molecule has 0 amide bonds. The number of halogens is 2. The summed E-state index contributed by atoms with van der Waals surface area (Å²) in [5.41, 5.74) is 1.61. The van der Waals surface area contributed by atoms with Gasteiger partial charge in [0.25, 0.3) is 0 Å². The van der Waals surface area contributed by atoms with Crippen LogP contribution in [0.5, 0.6) is 0 Å². The largest absolute Gasteiger partial charge is 0.313 e. The second kappa shape index (κ2) is 7.18. The zero-order chi connectivity index (χ0) is 15.4. The van der Waals surface area contributed by atoms with E-state index in [2.05, 4.69) is 40.2 Å². The van der Waals surface area contributed by atoms with Gasteiger partial charge in [0.2, 0.25) is 0 Å². The van der Waals surface area contributed by atoms with Crippen molar-refractivity contribution < 1.29 is 4.39 Å². The van der Waals surface area contributed by atoms with E-state index in [4.69, 9.17) is 0 Å². The average molecular weight is 354 g/mol. The molecule has 0 bridgehead atoms. The monoisotopic (exact) mass is 353 g/mol. The van der Waals surface area contributed by atoms with E-state index in [1.54, 1.807) is 6.07 Å². The summed E-state index contributed by atoms with van der Waals surface area (Å²) in [7, 11) is 1.84. The lowest BCUT2D eigenvalue weighted by atomic mass is 10.0. The van der Waals surface area contributed by atoms with Crippen LogP contribution in [0.25, 0.3) is 0 Å². The molecule has 1 N–H and O–H groups in total. The van der Waals surface area contributed by atoms with Crippen molar-refractivity contribution in [3.05, 3.63) is 52.0 Å². The molecule has 0 saturated carbocycles.